The minimum absolute atomic E-state index is 0.0973. The fourth-order valence-corrected chi connectivity index (χ4v) is 4.25. The van der Waals surface area contributed by atoms with Gasteiger partial charge in [-0.1, -0.05) is 120 Å². The maximum Gasteiger partial charge on any atom is 0.220 e. The summed E-state index contributed by atoms with van der Waals surface area (Å²) in [4.78, 5) is 12.2. The van der Waals surface area contributed by atoms with E-state index in [2.05, 4.69) is 55.6 Å². The molecule has 0 aliphatic rings. The molecule has 0 rings (SSSR count). The number of aliphatic hydroxyl groups is 2. The number of amides is 1. The average Bonchev–Trinajstić information content (AvgIpc) is 2.92. The van der Waals surface area contributed by atoms with Gasteiger partial charge in [-0.15, -0.1) is 0 Å². The van der Waals surface area contributed by atoms with E-state index in [0.29, 0.717) is 6.42 Å². The monoisotopic (exact) mass is 531 g/mol. The molecule has 3 N–H and O–H groups in total. The molecule has 2 atom stereocenters. The largest absolute Gasteiger partial charge is 0.394 e. The van der Waals surface area contributed by atoms with Gasteiger partial charge in [0, 0.05) is 6.42 Å². The third-order valence-corrected chi connectivity index (χ3v) is 6.76. The van der Waals surface area contributed by atoms with Crippen LogP contribution in [0.4, 0.5) is 0 Å². The third-order valence-electron chi connectivity index (χ3n) is 6.76. The Balaban J connectivity index is 3.80. The van der Waals surface area contributed by atoms with Crippen LogP contribution in [-0.4, -0.2) is 34.9 Å². The highest BCUT2D eigenvalue weighted by molar-refractivity contribution is 5.76. The van der Waals surface area contributed by atoms with Crippen LogP contribution in [-0.2, 0) is 4.79 Å². The van der Waals surface area contributed by atoms with E-state index in [0.717, 1.165) is 51.4 Å². The topological polar surface area (TPSA) is 69.6 Å². The summed E-state index contributed by atoms with van der Waals surface area (Å²) >= 11 is 0. The van der Waals surface area contributed by atoms with Crippen molar-refractivity contribution in [2.24, 2.45) is 0 Å². The lowest BCUT2D eigenvalue weighted by atomic mass is 10.1. The number of aliphatic hydroxyl groups excluding tert-OH is 2. The highest BCUT2D eigenvalue weighted by atomic mass is 16.3. The van der Waals surface area contributed by atoms with Crippen LogP contribution >= 0.6 is 0 Å². The van der Waals surface area contributed by atoms with Gasteiger partial charge in [0.05, 0.1) is 18.8 Å². The average molecular weight is 532 g/mol. The molecule has 38 heavy (non-hydrogen) atoms. The Hall–Kier alpha value is -1.65. The normalized spacial score (nSPS) is 13.9. The van der Waals surface area contributed by atoms with Crippen molar-refractivity contribution in [3.05, 3.63) is 48.6 Å². The molecule has 220 valence electrons. The zero-order chi connectivity index (χ0) is 27.9. The van der Waals surface area contributed by atoms with Crippen molar-refractivity contribution in [2.75, 3.05) is 6.61 Å². The van der Waals surface area contributed by atoms with Gasteiger partial charge in [0.15, 0.2) is 0 Å². The summed E-state index contributed by atoms with van der Waals surface area (Å²) in [5, 5.41) is 22.7. The Morgan fingerprint density at radius 1 is 0.605 bits per heavy atom. The van der Waals surface area contributed by atoms with E-state index in [1.54, 1.807) is 6.08 Å². The van der Waals surface area contributed by atoms with E-state index in [9.17, 15) is 15.0 Å². The van der Waals surface area contributed by atoms with Crippen LogP contribution in [0.25, 0.3) is 0 Å². The van der Waals surface area contributed by atoms with E-state index in [-0.39, 0.29) is 12.5 Å². The molecule has 0 fully saturated rings. The van der Waals surface area contributed by atoms with Crippen LogP contribution in [0.15, 0.2) is 48.6 Å². The minimum atomic E-state index is -0.871. The number of unbranched alkanes of at least 4 members (excludes halogenated alkanes) is 14. The first-order chi connectivity index (χ1) is 18.7. The van der Waals surface area contributed by atoms with Crippen LogP contribution < -0.4 is 5.32 Å². The Labute approximate surface area is 235 Å². The Morgan fingerprint density at radius 3 is 1.61 bits per heavy atom. The van der Waals surface area contributed by atoms with Crippen molar-refractivity contribution in [3.63, 3.8) is 0 Å². The van der Waals surface area contributed by atoms with Crippen molar-refractivity contribution in [1.82, 2.24) is 5.32 Å². The van der Waals surface area contributed by atoms with E-state index in [1.807, 2.05) is 6.08 Å². The van der Waals surface area contributed by atoms with Gasteiger partial charge < -0.3 is 15.5 Å². The molecule has 0 bridgehead atoms. The van der Waals surface area contributed by atoms with Gasteiger partial charge in [-0.25, -0.2) is 0 Å². The van der Waals surface area contributed by atoms with Gasteiger partial charge in [-0.3, -0.25) is 4.79 Å². The predicted molar refractivity (Wildman–Crippen MR) is 165 cm³/mol. The Morgan fingerprint density at radius 2 is 1.05 bits per heavy atom. The zero-order valence-corrected chi connectivity index (χ0v) is 24.9. The SMILES string of the molecule is CCCC/C=C\CCCCCCC(=O)NC(CO)C(O)/C=C/CC/C=C/CC/C=C/CCCCCCCC. The van der Waals surface area contributed by atoms with Crippen molar-refractivity contribution in [2.45, 2.75) is 154 Å². The highest BCUT2D eigenvalue weighted by Crippen LogP contribution is 2.09. The molecular weight excluding hydrogens is 470 g/mol. The molecule has 0 radical (unpaired) electrons. The molecule has 0 saturated heterocycles. The number of hydrogen-bond donors (Lipinski definition) is 3. The first kappa shape index (κ1) is 36.4. The molecule has 4 nitrogen and oxygen atoms in total. The van der Waals surface area contributed by atoms with Gasteiger partial charge >= 0.3 is 0 Å². The second-order valence-electron chi connectivity index (χ2n) is 10.5. The number of carbonyl (C=O) groups is 1. The second-order valence-corrected chi connectivity index (χ2v) is 10.5. The molecule has 0 aromatic rings. The van der Waals surface area contributed by atoms with E-state index in [1.165, 1.54) is 70.6 Å². The Kier molecular flexibility index (Phi) is 28.6. The van der Waals surface area contributed by atoms with Gasteiger partial charge in [0.2, 0.25) is 5.91 Å². The predicted octanol–water partition coefficient (Wildman–Crippen LogP) is 8.89. The lowest BCUT2D eigenvalue weighted by molar-refractivity contribution is -0.123. The van der Waals surface area contributed by atoms with Crippen LogP contribution in [0.2, 0.25) is 0 Å². The molecule has 1 amide bonds. The van der Waals surface area contributed by atoms with Gasteiger partial charge in [-0.05, 0) is 64.2 Å². The number of carbonyl (C=O) groups excluding carboxylic acids is 1. The van der Waals surface area contributed by atoms with Gasteiger partial charge in [0.1, 0.15) is 0 Å². The molecule has 0 saturated carbocycles. The summed E-state index contributed by atoms with van der Waals surface area (Å²) in [7, 11) is 0. The third kappa shape index (κ3) is 26.0. The first-order valence-electron chi connectivity index (χ1n) is 15.9. The summed E-state index contributed by atoms with van der Waals surface area (Å²) in [5.74, 6) is -0.0973. The maximum absolute atomic E-state index is 12.2. The fourth-order valence-electron chi connectivity index (χ4n) is 4.25. The molecule has 0 spiro atoms. The van der Waals surface area contributed by atoms with E-state index in [4.69, 9.17) is 0 Å². The van der Waals surface area contributed by atoms with E-state index >= 15 is 0 Å². The van der Waals surface area contributed by atoms with Gasteiger partial charge in [-0.2, -0.15) is 0 Å². The van der Waals surface area contributed by atoms with Crippen molar-refractivity contribution in [1.29, 1.82) is 0 Å². The first-order valence-corrected chi connectivity index (χ1v) is 15.9. The highest BCUT2D eigenvalue weighted by Gasteiger charge is 2.17. The number of allylic oxidation sites excluding steroid dienone is 7. The standard InChI is InChI=1S/C34H61NO3/c1-3-5-7-9-11-13-15-16-17-18-19-20-21-23-25-27-29-33(37)32(31-36)35-34(38)30-28-26-24-22-14-12-10-8-6-4-2/h10,12,16-17,20-21,27,29,32-33,36-37H,3-9,11,13-15,18-19,22-26,28,30-31H2,1-2H3,(H,35,38)/b12-10-,17-16+,21-20+,29-27+. The summed E-state index contributed by atoms with van der Waals surface area (Å²) < 4.78 is 0. The molecular formula is C34H61NO3. The van der Waals surface area contributed by atoms with Crippen molar-refractivity contribution < 1.29 is 15.0 Å². The van der Waals surface area contributed by atoms with Crippen molar-refractivity contribution >= 4 is 5.91 Å². The molecule has 0 aromatic carbocycles. The molecule has 0 aliphatic carbocycles. The van der Waals surface area contributed by atoms with Crippen LogP contribution in [0.3, 0.4) is 0 Å². The number of rotatable bonds is 27. The zero-order valence-electron chi connectivity index (χ0n) is 24.9. The summed E-state index contributed by atoms with van der Waals surface area (Å²) in [6, 6.07) is -0.648. The van der Waals surface area contributed by atoms with Crippen LogP contribution in [0.1, 0.15) is 142 Å². The maximum atomic E-state index is 12.2. The molecule has 2 unspecified atom stereocenters. The lowest BCUT2D eigenvalue weighted by Crippen LogP contribution is -2.45. The quantitative estimate of drug-likeness (QED) is 0.0732. The molecule has 0 aliphatic heterocycles. The van der Waals surface area contributed by atoms with Gasteiger partial charge in [0.25, 0.3) is 0 Å². The van der Waals surface area contributed by atoms with Crippen LogP contribution in [0, 0.1) is 0 Å². The van der Waals surface area contributed by atoms with Crippen LogP contribution in [0.5, 0.6) is 0 Å². The smallest absolute Gasteiger partial charge is 0.220 e. The van der Waals surface area contributed by atoms with Crippen molar-refractivity contribution in [3.8, 4) is 0 Å². The van der Waals surface area contributed by atoms with E-state index < -0.39 is 12.1 Å². The summed E-state index contributed by atoms with van der Waals surface area (Å²) in [5.41, 5.74) is 0. The minimum Gasteiger partial charge on any atom is -0.394 e. The fraction of sp³-hybridized carbons (Fsp3) is 0.735. The molecule has 4 heteroatoms. The molecule has 0 aromatic heterocycles. The lowest BCUT2D eigenvalue weighted by Gasteiger charge is -2.19. The molecule has 0 heterocycles. The Bertz CT molecular complexity index is 623. The second kappa shape index (κ2) is 29.9. The summed E-state index contributed by atoms with van der Waals surface area (Å²) in [6.07, 6.45) is 39.0. The summed E-state index contributed by atoms with van der Waals surface area (Å²) in [6.45, 7) is 4.20. The number of nitrogens with one attached hydrogen (secondary N) is 1. The number of hydrogen-bond acceptors (Lipinski definition) is 3.